The molecule has 0 aliphatic carbocycles. The van der Waals surface area contributed by atoms with Crippen LogP contribution < -0.4 is 5.32 Å². The summed E-state index contributed by atoms with van der Waals surface area (Å²) in [7, 11) is 0. The van der Waals surface area contributed by atoms with E-state index in [-0.39, 0.29) is 5.91 Å². The molecule has 0 aliphatic rings. The van der Waals surface area contributed by atoms with Crippen molar-refractivity contribution in [3.05, 3.63) is 21.9 Å². The van der Waals surface area contributed by atoms with Crippen LogP contribution >= 0.6 is 11.3 Å². The van der Waals surface area contributed by atoms with Crippen molar-refractivity contribution >= 4 is 23.2 Å². The van der Waals surface area contributed by atoms with Gasteiger partial charge in [-0.05, 0) is 30.5 Å². The number of carboxylic acid groups (broad SMARTS) is 1. The van der Waals surface area contributed by atoms with Crippen LogP contribution in [-0.4, -0.2) is 41.5 Å². The van der Waals surface area contributed by atoms with Crippen LogP contribution in [0.1, 0.15) is 29.1 Å². The van der Waals surface area contributed by atoms with E-state index >= 15 is 0 Å². The highest BCUT2D eigenvalue weighted by atomic mass is 32.1. The van der Waals surface area contributed by atoms with Gasteiger partial charge in [0.15, 0.2) is 0 Å². The van der Waals surface area contributed by atoms with Crippen LogP contribution in [0, 0.1) is 0 Å². The average molecular weight is 270 g/mol. The van der Waals surface area contributed by atoms with Gasteiger partial charge in [0.05, 0.1) is 6.54 Å². The molecule has 5 nitrogen and oxygen atoms in total. The number of carbonyl (C=O) groups excluding carboxylic acids is 1. The van der Waals surface area contributed by atoms with E-state index < -0.39 is 5.97 Å². The number of nitrogens with zero attached hydrogens (tertiary/aromatic N) is 1. The number of hydrogen-bond acceptors (Lipinski definition) is 4. The van der Waals surface area contributed by atoms with Gasteiger partial charge in [-0.15, -0.1) is 11.3 Å². The molecule has 1 rings (SSSR count). The number of amides is 1. The normalized spacial score (nSPS) is 10.6. The molecular weight excluding hydrogens is 252 g/mol. The second-order valence-electron chi connectivity index (χ2n) is 3.84. The Kier molecular flexibility index (Phi) is 5.80. The van der Waals surface area contributed by atoms with Crippen molar-refractivity contribution in [2.75, 3.05) is 19.6 Å². The maximum atomic E-state index is 11.5. The molecule has 0 aliphatic heterocycles. The highest BCUT2D eigenvalue weighted by Crippen LogP contribution is 2.18. The van der Waals surface area contributed by atoms with Crippen LogP contribution in [0.3, 0.4) is 0 Å². The molecule has 1 heterocycles. The number of hydrogen-bond donors (Lipinski definition) is 2. The predicted molar refractivity (Wildman–Crippen MR) is 70.9 cm³/mol. The lowest BCUT2D eigenvalue weighted by Crippen LogP contribution is -2.36. The van der Waals surface area contributed by atoms with Gasteiger partial charge in [0, 0.05) is 13.1 Å². The Hall–Kier alpha value is -1.40. The van der Waals surface area contributed by atoms with Crippen molar-refractivity contribution in [2.24, 2.45) is 0 Å². The zero-order valence-corrected chi connectivity index (χ0v) is 11.4. The van der Waals surface area contributed by atoms with Gasteiger partial charge in [0.1, 0.15) is 4.88 Å². The molecule has 0 bridgehead atoms. The number of thiophene rings is 1. The Labute approximate surface area is 110 Å². The molecule has 0 saturated carbocycles. The van der Waals surface area contributed by atoms with Gasteiger partial charge in [0.2, 0.25) is 5.91 Å². The minimum atomic E-state index is -0.908. The Balaban J connectivity index is 2.65. The fourth-order valence-electron chi connectivity index (χ4n) is 1.62. The van der Waals surface area contributed by atoms with Crippen molar-refractivity contribution in [3.8, 4) is 0 Å². The Bertz CT molecular complexity index is 417. The molecule has 1 aromatic rings. The summed E-state index contributed by atoms with van der Waals surface area (Å²) in [6, 6.07) is 1.80. The van der Waals surface area contributed by atoms with E-state index in [9.17, 15) is 9.59 Å². The summed E-state index contributed by atoms with van der Waals surface area (Å²) >= 11 is 1.21. The lowest BCUT2D eigenvalue weighted by atomic mass is 10.2. The lowest BCUT2D eigenvalue weighted by molar-refractivity contribution is -0.122. The molecule has 6 heteroatoms. The number of nitrogens with one attached hydrogen (secondary N) is 1. The van der Waals surface area contributed by atoms with Crippen molar-refractivity contribution in [2.45, 2.75) is 20.4 Å². The minimum Gasteiger partial charge on any atom is -0.477 e. The Morgan fingerprint density at radius 2 is 2.17 bits per heavy atom. The molecule has 0 fully saturated rings. The predicted octanol–water partition coefficient (Wildman–Crippen LogP) is 1.40. The van der Waals surface area contributed by atoms with Crippen LogP contribution in [0.5, 0.6) is 0 Å². The summed E-state index contributed by atoms with van der Waals surface area (Å²) in [5.41, 5.74) is 0.763. The van der Waals surface area contributed by atoms with E-state index in [0.29, 0.717) is 31.1 Å². The van der Waals surface area contributed by atoms with Gasteiger partial charge in [0.25, 0.3) is 0 Å². The highest BCUT2D eigenvalue weighted by molar-refractivity contribution is 7.12. The van der Waals surface area contributed by atoms with Crippen LogP contribution in [0.4, 0.5) is 0 Å². The van der Waals surface area contributed by atoms with Crippen molar-refractivity contribution in [3.63, 3.8) is 0 Å². The zero-order valence-electron chi connectivity index (χ0n) is 10.6. The number of likely N-dealkylation sites (N-methyl/N-ethyl adjacent to an activating group) is 2. The fraction of sp³-hybridized carbons (Fsp3) is 0.500. The van der Waals surface area contributed by atoms with E-state index in [4.69, 9.17) is 5.11 Å². The fourth-order valence-corrected chi connectivity index (χ4v) is 2.38. The molecule has 18 heavy (non-hydrogen) atoms. The first-order valence-corrected chi connectivity index (χ1v) is 6.75. The van der Waals surface area contributed by atoms with Crippen LogP contribution in [-0.2, 0) is 11.3 Å². The zero-order chi connectivity index (χ0) is 13.5. The molecule has 100 valence electrons. The molecular formula is C12H18N2O3S. The number of aromatic carboxylic acids is 1. The molecule has 0 radical (unpaired) electrons. The first-order valence-electron chi connectivity index (χ1n) is 5.87. The van der Waals surface area contributed by atoms with Gasteiger partial charge in [-0.2, -0.15) is 0 Å². The summed E-state index contributed by atoms with van der Waals surface area (Å²) in [6.45, 7) is 5.90. The minimum absolute atomic E-state index is 0.0357. The van der Waals surface area contributed by atoms with E-state index in [2.05, 4.69) is 5.32 Å². The SMILES string of the molecule is CCNC(=O)CN(CC)Cc1ccsc1C(=O)O. The molecule has 0 saturated heterocycles. The summed E-state index contributed by atoms with van der Waals surface area (Å²) < 4.78 is 0. The largest absolute Gasteiger partial charge is 0.477 e. The number of carbonyl (C=O) groups is 2. The van der Waals surface area contributed by atoms with E-state index in [1.807, 2.05) is 18.7 Å². The van der Waals surface area contributed by atoms with Gasteiger partial charge < -0.3 is 10.4 Å². The molecule has 1 aromatic heterocycles. The van der Waals surface area contributed by atoms with Gasteiger partial charge in [-0.1, -0.05) is 6.92 Å². The van der Waals surface area contributed by atoms with Crippen molar-refractivity contribution < 1.29 is 14.7 Å². The molecule has 0 unspecified atom stereocenters. The summed E-state index contributed by atoms with van der Waals surface area (Å²) in [5.74, 6) is -0.944. The number of carboxylic acids is 1. The quantitative estimate of drug-likeness (QED) is 0.786. The van der Waals surface area contributed by atoms with E-state index in [1.165, 1.54) is 11.3 Å². The molecule has 1 amide bonds. The second kappa shape index (κ2) is 7.13. The summed E-state index contributed by atoms with van der Waals surface area (Å²) in [4.78, 5) is 24.8. The molecule has 0 atom stereocenters. The first-order chi connectivity index (χ1) is 8.58. The maximum absolute atomic E-state index is 11.5. The molecule has 2 N–H and O–H groups in total. The number of rotatable bonds is 7. The Morgan fingerprint density at radius 1 is 1.44 bits per heavy atom. The topological polar surface area (TPSA) is 69.6 Å². The van der Waals surface area contributed by atoms with Crippen LogP contribution in [0.25, 0.3) is 0 Å². The van der Waals surface area contributed by atoms with Crippen LogP contribution in [0.2, 0.25) is 0 Å². The molecule has 0 aromatic carbocycles. The monoisotopic (exact) mass is 270 g/mol. The van der Waals surface area contributed by atoms with Gasteiger partial charge in [-0.25, -0.2) is 4.79 Å². The third-order valence-corrected chi connectivity index (χ3v) is 3.47. The standard InChI is InChI=1S/C12H18N2O3S/c1-3-13-10(15)8-14(4-2)7-9-5-6-18-11(9)12(16)17/h5-6H,3-4,7-8H2,1-2H3,(H,13,15)(H,16,17). The summed E-state index contributed by atoms with van der Waals surface area (Å²) in [6.07, 6.45) is 0. The Morgan fingerprint density at radius 3 is 2.72 bits per heavy atom. The van der Waals surface area contributed by atoms with E-state index in [1.54, 1.807) is 11.4 Å². The summed E-state index contributed by atoms with van der Waals surface area (Å²) in [5, 5.41) is 13.5. The molecule has 0 spiro atoms. The lowest BCUT2D eigenvalue weighted by Gasteiger charge is -2.19. The average Bonchev–Trinajstić information content (AvgIpc) is 2.76. The van der Waals surface area contributed by atoms with Crippen LogP contribution in [0.15, 0.2) is 11.4 Å². The van der Waals surface area contributed by atoms with Crippen molar-refractivity contribution in [1.82, 2.24) is 10.2 Å². The highest BCUT2D eigenvalue weighted by Gasteiger charge is 2.15. The van der Waals surface area contributed by atoms with Crippen molar-refractivity contribution in [1.29, 1.82) is 0 Å². The van der Waals surface area contributed by atoms with Gasteiger partial charge in [-0.3, -0.25) is 9.69 Å². The smallest absolute Gasteiger partial charge is 0.346 e. The van der Waals surface area contributed by atoms with E-state index in [0.717, 1.165) is 5.56 Å². The first kappa shape index (κ1) is 14.7. The third kappa shape index (κ3) is 4.12. The second-order valence-corrected chi connectivity index (χ2v) is 4.75. The third-order valence-electron chi connectivity index (χ3n) is 2.52. The maximum Gasteiger partial charge on any atom is 0.346 e. The van der Waals surface area contributed by atoms with Gasteiger partial charge >= 0.3 is 5.97 Å².